The van der Waals surface area contributed by atoms with E-state index in [4.69, 9.17) is 5.73 Å². The number of rotatable bonds is 4. The normalized spacial score (nSPS) is 13.2. The Kier molecular flexibility index (Phi) is 4.44. The van der Waals surface area contributed by atoms with Gasteiger partial charge in [0.15, 0.2) is 0 Å². The quantitative estimate of drug-likeness (QED) is 0.554. The third kappa shape index (κ3) is 3.32. The molecule has 7 heteroatoms. The zero-order valence-electron chi connectivity index (χ0n) is 11.7. The van der Waals surface area contributed by atoms with E-state index in [0.29, 0.717) is 17.2 Å². The van der Waals surface area contributed by atoms with E-state index < -0.39 is 11.9 Å². The van der Waals surface area contributed by atoms with Gasteiger partial charge >= 0.3 is 6.03 Å². The van der Waals surface area contributed by atoms with Crippen molar-refractivity contribution in [1.82, 2.24) is 10.4 Å². The van der Waals surface area contributed by atoms with Crippen LogP contribution in [0.4, 0.5) is 10.5 Å². The van der Waals surface area contributed by atoms with E-state index in [1.54, 1.807) is 18.0 Å². The van der Waals surface area contributed by atoms with Gasteiger partial charge in [0.25, 0.3) is 5.91 Å². The maximum absolute atomic E-state index is 12.2. The summed E-state index contributed by atoms with van der Waals surface area (Å²) < 4.78 is 0. The van der Waals surface area contributed by atoms with Crippen molar-refractivity contribution in [2.45, 2.75) is 6.42 Å². The van der Waals surface area contributed by atoms with E-state index in [9.17, 15) is 14.8 Å². The fourth-order valence-electron chi connectivity index (χ4n) is 2.23. The first-order valence-corrected chi connectivity index (χ1v) is 6.56. The summed E-state index contributed by atoms with van der Waals surface area (Å²) in [6, 6.07) is 7.07. The summed E-state index contributed by atoms with van der Waals surface area (Å²) in [6.45, 7) is 0.0553. The van der Waals surface area contributed by atoms with Crippen LogP contribution in [0.25, 0.3) is 0 Å². The first-order chi connectivity index (χ1) is 10.0. The third-order valence-electron chi connectivity index (χ3n) is 3.31. The summed E-state index contributed by atoms with van der Waals surface area (Å²) in [4.78, 5) is 24.5. The molecule has 0 spiro atoms. The zero-order chi connectivity index (χ0) is 15.4. The minimum Gasteiger partial charge on any atom is -0.352 e. The highest BCUT2D eigenvalue weighted by atomic mass is 16.5. The summed E-state index contributed by atoms with van der Waals surface area (Å²) in [5, 5.41) is 12.7. The number of hydrogen-bond donors (Lipinski definition) is 3. The molecule has 3 amide bonds. The summed E-state index contributed by atoms with van der Waals surface area (Å²) in [5.74, 6) is -0.515. The molecule has 112 valence electrons. The second-order valence-corrected chi connectivity index (χ2v) is 4.70. The molecular weight excluding hydrogens is 272 g/mol. The number of nitrogens with two attached hydrogens (primary N) is 1. The fraction of sp³-hybridized carbons (Fsp3) is 0.286. The second kappa shape index (κ2) is 6.27. The van der Waals surface area contributed by atoms with Crippen molar-refractivity contribution in [3.8, 4) is 0 Å². The number of benzene rings is 1. The number of primary amides is 1. The molecule has 0 radical (unpaired) electrons. The number of urea groups is 1. The standard InChI is InChI=1S/C14H18N4O3/c1-17-11-5-3-2-4-10(11)6-7-12(17)13(19)18(21)9-8-16-14(15)20/h2-5,7,21H,6,8-9H2,1H3,(H3,15,16,20). The van der Waals surface area contributed by atoms with Gasteiger partial charge in [-0.3, -0.25) is 10.0 Å². The zero-order valence-corrected chi connectivity index (χ0v) is 11.7. The van der Waals surface area contributed by atoms with Crippen LogP contribution in [0.5, 0.6) is 0 Å². The average Bonchev–Trinajstić information content (AvgIpc) is 2.47. The Morgan fingerprint density at radius 3 is 2.86 bits per heavy atom. The molecule has 7 nitrogen and oxygen atoms in total. The number of likely N-dealkylation sites (N-methyl/N-ethyl adjacent to an activating group) is 1. The molecule has 1 aromatic rings. The Hall–Kier alpha value is -2.54. The minimum absolute atomic E-state index is 0.0331. The molecule has 0 aromatic heterocycles. The maximum Gasteiger partial charge on any atom is 0.312 e. The number of anilines is 1. The van der Waals surface area contributed by atoms with Gasteiger partial charge in [-0.25, -0.2) is 9.86 Å². The molecule has 1 aromatic carbocycles. The molecule has 21 heavy (non-hydrogen) atoms. The number of carbonyl (C=O) groups is 2. The number of hydrogen-bond acceptors (Lipinski definition) is 4. The SMILES string of the molecule is CN1C(C(=O)N(O)CCNC(N)=O)=CCc2ccccc21. The molecule has 0 fully saturated rings. The third-order valence-corrected chi connectivity index (χ3v) is 3.31. The Morgan fingerprint density at radius 1 is 1.43 bits per heavy atom. The summed E-state index contributed by atoms with van der Waals surface area (Å²) >= 11 is 0. The van der Waals surface area contributed by atoms with Gasteiger partial charge in [0.1, 0.15) is 5.70 Å². The number of allylic oxidation sites excluding steroid dienone is 1. The highest BCUT2D eigenvalue weighted by Gasteiger charge is 2.24. The fourth-order valence-corrected chi connectivity index (χ4v) is 2.23. The van der Waals surface area contributed by atoms with Crippen molar-refractivity contribution in [3.63, 3.8) is 0 Å². The van der Waals surface area contributed by atoms with Gasteiger partial charge in [-0.15, -0.1) is 0 Å². The van der Waals surface area contributed by atoms with Crippen molar-refractivity contribution in [2.24, 2.45) is 5.73 Å². The van der Waals surface area contributed by atoms with E-state index in [1.165, 1.54) is 0 Å². The number of nitrogens with one attached hydrogen (secondary N) is 1. The van der Waals surface area contributed by atoms with Crippen molar-refractivity contribution >= 4 is 17.6 Å². The van der Waals surface area contributed by atoms with Gasteiger partial charge in [0.2, 0.25) is 0 Å². The molecule has 1 aliphatic rings. The van der Waals surface area contributed by atoms with Gasteiger partial charge in [0.05, 0.1) is 6.54 Å². The van der Waals surface area contributed by atoms with Crippen LogP contribution in [0.2, 0.25) is 0 Å². The smallest absolute Gasteiger partial charge is 0.312 e. The molecule has 2 rings (SSSR count). The predicted octanol–water partition coefficient (Wildman–Crippen LogP) is 0.449. The van der Waals surface area contributed by atoms with Crippen LogP contribution >= 0.6 is 0 Å². The van der Waals surface area contributed by atoms with Crippen LogP contribution < -0.4 is 16.0 Å². The summed E-state index contributed by atoms with van der Waals surface area (Å²) in [7, 11) is 1.78. The lowest BCUT2D eigenvalue weighted by Crippen LogP contribution is -2.41. The van der Waals surface area contributed by atoms with Crippen molar-refractivity contribution in [3.05, 3.63) is 41.6 Å². The monoisotopic (exact) mass is 290 g/mol. The Balaban J connectivity index is 2.03. The highest BCUT2D eigenvalue weighted by molar-refractivity contribution is 5.97. The van der Waals surface area contributed by atoms with Crippen LogP contribution in [-0.4, -0.2) is 42.3 Å². The van der Waals surface area contributed by atoms with Crippen LogP contribution in [0.15, 0.2) is 36.0 Å². The Bertz CT molecular complexity index is 585. The molecule has 0 atom stereocenters. The number of nitrogens with zero attached hydrogens (tertiary/aromatic N) is 2. The van der Waals surface area contributed by atoms with Crippen molar-refractivity contribution in [1.29, 1.82) is 0 Å². The summed E-state index contributed by atoms with van der Waals surface area (Å²) in [5.41, 5.74) is 7.38. The van der Waals surface area contributed by atoms with Crippen molar-refractivity contribution < 1.29 is 14.8 Å². The minimum atomic E-state index is -0.696. The molecule has 0 saturated heterocycles. The van der Waals surface area contributed by atoms with Gasteiger partial charge in [0, 0.05) is 19.3 Å². The number of carbonyl (C=O) groups excluding carboxylic acids is 2. The van der Waals surface area contributed by atoms with E-state index >= 15 is 0 Å². The average molecular weight is 290 g/mol. The van der Waals surface area contributed by atoms with E-state index in [-0.39, 0.29) is 13.1 Å². The first-order valence-electron chi connectivity index (χ1n) is 6.56. The van der Waals surface area contributed by atoms with E-state index in [0.717, 1.165) is 11.3 Å². The second-order valence-electron chi connectivity index (χ2n) is 4.70. The lowest BCUT2D eigenvalue weighted by Gasteiger charge is -2.29. The van der Waals surface area contributed by atoms with E-state index in [2.05, 4.69) is 5.32 Å². The van der Waals surface area contributed by atoms with Crippen LogP contribution in [0.1, 0.15) is 5.56 Å². The largest absolute Gasteiger partial charge is 0.352 e. The number of fused-ring (bicyclic) bond motifs is 1. The molecule has 1 aliphatic heterocycles. The van der Waals surface area contributed by atoms with Crippen molar-refractivity contribution in [2.75, 3.05) is 25.0 Å². The van der Waals surface area contributed by atoms with Crippen LogP contribution in [0, 0.1) is 0 Å². The molecule has 1 heterocycles. The lowest BCUT2D eigenvalue weighted by atomic mass is 10.0. The molecule has 0 unspecified atom stereocenters. The van der Waals surface area contributed by atoms with Gasteiger partial charge in [-0.2, -0.15) is 0 Å². The Morgan fingerprint density at radius 2 is 2.14 bits per heavy atom. The van der Waals surface area contributed by atoms with Gasteiger partial charge < -0.3 is 16.0 Å². The van der Waals surface area contributed by atoms with Gasteiger partial charge in [-0.05, 0) is 18.1 Å². The van der Waals surface area contributed by atoms with Crippen LogP contribution in [-0.2, 0) is 11.2 Å². The number of amides is 3. The van der Waals surface area contributed by atoms with Gasteiger partial charge in [-0.1, -0.05) is 24.3 Å². The maximum atomic E-state index is 12.2. The van der Waals surface area contributed by atoms with Crippen LogP contribution in [0.3, 0.4) is 0 Å². The lowest BCUT2D eigenvalue weighted by molar-refractivity contribution is -0.160. The van der Waals surface area contributed by atoms with E-state index in [1.807, 2.05) is 24.3 Å². The molecule has 4 N–H and O–H groups in total. The predicted molar refractivity (Wildman–Crippen MR) is 77.7 cm³/mol. The highest BCUT2D eigenvalue weighted by Crippen LogP contribution is 2.28. The number of para-hydroxylation sites is 1. The topological polar surface area (TPSA) is 98.9 Å². The molecule has 0 saturated carbocycles. The number of hydroxylamine groups is 2. The molecular formula is C14H18N4O3. The summed E-state index contributed by atoms with van der Waals surface area (Å²) in [6.07, 6.45) is 2.41. The molecule has 0 aliphatic carbocycles. The first kappa shape index (κ1) is 14.9. The molecule has 0 bridgehead atoms. The Labute approximate surface area is 122 Å².